The lowest BCUT2D eigenvalue weighted by molar-refractivity contribution is -0.402. The number of nitro groups is 1. The van der Waals surface area contributed by atoms with Crippen molar-refractivity contribution in [1.82, 2.24) is 0 Å². The van der Waals surface area contributed by atoms with Crippen molar-refractivity contribution in [3.8, 4) is 6.07 Å². The van der Waals surface area contributed by atoms with Gasteiger partial charge < -0.3 is 0 Å². The van der Waals surface area contributed by atoms with Crippen LogP contribution >= 0.6 is 0 Å². The van der Waals surface area contributed by atoms with Gasteiger partial charge in [0.15, 0.2) is 0 Å². The quantitative estimate of drug-likeness (QED) is 0.269. The van der Waals surface area contributed by atoms with Crippen molar-refractivity contribution in [3.05, 3.63) is 22.4 Å². The molecule has 0 saturated heterocycles. The molecule has 0 N–H and O–H groups in total. The van der Waals surface area contributed by atoms with E-state index in [4.69, 9.17) is 5.26 Å². The zero-order valence-electron chi connectivity index (χ0n) is 3.37. The molecule has 0 amide bonds. The molecule has 0 saturated carbocycles. The van der Waals surface area contributed by atoms with Crippen molar-refractivity contribution < 1.29 is 4.92 Å². The second-order valence-electron chi connectivity index (χ2n) is 0.730. The molecule has 0 radical (unpaired) electrons. The lowest BCUT2D eigenvalue weighted by atomic mass is 10.7. The summed E-state index contributed by atoms with van der Waals surface area (Å²) in [5, 5.41) is 17.0. The molecule has 0 rings (SSSR count). The van der Waals surface area contributed by atoms with Crippen molar-refractivity contribution in [3.63, 3.8) is 0 Å². The average molecular weight is 98.1 g/mol. The van der Waals surface area contributed by atoms with Crippen molar-refractivity contribution in [2.24, 2.45) is 0 Å². The highest BCUT2D eigenvalue weighted by molar-refractivity contribution is 4.96. The summed E-state index contributed by atoms with van der Waals surface area (Å²) < 4.78 is 0. The molecule has 0 aromatic rings. The standard InChI is InChI=1S/C3H2N2O2/c4-2-1-3-5(6)7/h1,3H. The van der Waals surface area contributed by atoms with Gasteiger partial charge in [-0.1, -0.05) is 0 Å². The Bertz CT molecular complexity index is 132. The van der Waals surface area contributed by atoms with Crippen LogP contribution in [0.1, 0.15) is 0 Å². The third-order valence-electron chi connectivity index (χ3n) is 0.271. The molecule has 4 nitrogen and oxygen atoms in total. The molecule has 0 atom stereocenters. The average Bonchev–Trinajstić information content (AvgIpc) is 1.61. The fraction of sp³-hybridized carbons (Fsp3) is 0. The molecule has 0 fully saturated rings. The van der Waals surface area contributed by atoms with Crippen LogP contribution in [-0.2, 0) is 0 Å². The number of rotatable bonds is 1. The minimum absolute atomic E-state index is 0.583. The third-order valence-corrected chi connectivity index (χ3v) is 0.271. The second-order valence-corrected chi connectivity index (χ2v) is 0.730. The summed E-state index contributed by atoms with van der Waals surface area (Å²) in [4.78, 5) is 8.63. The van der Waals surface area contributed by atoms with Gasteiger partial charge in [-0.15, -0.1) is 0 Å². The van der Waals surface area contributed by atoms with E-state index in [1.165, 1.54) is 6.07 Å². The van der Waals surface area contributed by atoms with Gasteiger partial charge in [0.25, 0.3) is 0 Å². The maximum atomic E-state index is 9.33. The highest BCUT2D eigenvalue weighted by Crippen LogP contribution is 1.67. The molecule has 7 heavy (non-hydrogen) atoms. The predicted molar refractivity (Wildman–Crippen MR) is 21.7 cm³/mol. The van der Waals surface area contributed by atoms with Crippen LogP contribution in [0.15, 0.2) is 12.3 Å². The highest BCUT2D eigenvalue weighted by Gasteiger charge is 1.77. The van der Waals surface area contributed by atoms with Gasteiger partial charge in [0.05, 0.1) is 17.1 Å². The molecule has 0 bridgehead atoms. The molecule has 0 aromatic carbocycles. The molecule has 0 aliphatic rings. The van der Waals surface area contributed by atoms with E-state index in [9.17, 15) is 10.1 Å². The number of hydrogen-bond donors (Lipinski definition) is 0. The first-order chi connectivity index (χ1) is 3.27. The minimum Gasteiger partial charge on any atom is -0.259 e. The predicted octanol–water partition coefficient (Wildman–Crippen LogP) is 0.300. The van der Waals surface area contributed by atoms with Crippen molar-refractivity contribution in [2.45, 2.75) is 0 Å². The summed E-state index contributed by atoms with van der Waals surface area (Å²) in [6, 6.07) is 1.48. The first-order valence-corrected chi connectivity index (χ1v) is 1.47. The van der Waals surface area contributed by atoms with Gasteiger partial charge in [-0.2, -0.15) is 5.26 Å². The Hall–Kier alpha value is -1.37. The van der Waals surface area contributed by atoms with Crippen LogP contribution in [-0.4, -0.2) is 4.92 Å². The lowest BCUT2D eigenvalue weighted by Crippen LogP contribution is -1.79. The Morgan fingerprint density at radius 3 is 2.57 bits per heavy atom. The van der Waals surface area contributed by atoms with Gasteiger partial charge in [-0.3, -0.25) is 10.1 Å². The monoisotopic (exact) mass is 98.0 g/mol. The molecule has 0 heterocycles. The SMILES string of the molecule is N#CC=C[N+](=O)[O-]. The molecule has 4 heteroatoms. The van der Waals surface area contributed by atoms with Crippen molar-refractivity contribution >= 4 is 0 Å². The largest absolute Gasteiger partial charge is 0.259 e. The summed E-state index contributed by atoms with van der Waals surface area (Å²) in [6.07, 6.45) is 1.39. The van der Waals surface area contributed by atoms with E-state index in [0.717, 1.165) is 6.08 Å². The Labute approximate surface area is 39.8 Å². The summed E-state index contributed by atoms with van der Waals surface area (Å²) >= 11 is 0. The molecule has 0 aliphatic heterocycles. The third kappa shape index (κ3) is 4.63. The van der Waals surface area contributed by atoms with Gasteiger partial charge in [0.1, 0.15) is 0 Å². The molecule has 0 unspecified atom stereocenters. The summed E-state index contributed by atoms with van der Waals surface area (Å²) in [5.74, 6) is 0. The van der Waals surface area contributed by atoms with E-state index < -0.39 is 4.92 Å². The minimum atomic E-state index is -0.691. The van der Waals surface area contributed by atoms with Gasteiger partial charge in [0, 0.05) is 0 Å². The van der Waals surface area contributed by atoms with Crippen LogP contribution in [0, 0.1) is 21.4 Å². The zero-order chi connectivity index (χ0) is 5.70. The van der Waals surface area contributed by atoms with E-state index in [2.05, 4.69) is 0 Å². The molecule has 36 valence electrons. The topological polar surface area (TPSA) is 66.9 Å². The fourth-order valence-corrected chi connectivity index (χ4v) is 0.0942. The first-order valence-electron chi connectivity index (χ1n) is 1.47. The van der Waals surface area contributed by atoms with Crippen LogP contribution in [0.2, 0.25) is 0 Å². The number of hydrogen-bond acceptors (Lipinski definition) is 3. The fourth-order valence-electron chi connectivity index (χ4n) is 0.0942. The first kappa shape index (κ1) is 5.63. The summed E-state index contributed by atoms with van der Waals surface area (Å²) in [5.41, 5.74) is 0. The van der Waals surface area contributed by atoms with E-state index in [0.29, 0.717) is 6.20 Å². The number of allylic oxidation sites excluding steroid dienone is 1. The van der Waals surface area contributed by atoms with E-state index in [1.54, 1.807) is 0 Å². The number of nitriles is 1. The van der Waals surface area contributed by atoms with E-state index in [1.807, 2.05) is 0 Å². The molecular formula is C3H2N2O2. The maximum Gasteiger partial charge on any atom is 0.244 e. The van der Waals surface area contributed by atoms with Crippen LogP contribution in [0.3, 0.4) is 0 Å². The van der Waals surface area contributed by atoms with Gasteiger partial charge >= 0.3 is 0 Å². The number of nitrogens with zero attached hydrogens (tertiary/aromatic N) is 2. The normalized spacial score (nSPS) is 8.43. The van der Waals surface area contributed by atoms with Crippen LogP contribution in [0.25, 0.3) is 0 Å². The van der Waals surface area contributed by atoms with Crippen molar-refractivity contribution in [2.75, 3.05) is 0 Å². The maximum absolute atomic E-state index is 9.33. The Morgan fingerprint density at radius 2 is 2.43 bits per heavy atom. The summed E-state index contributed by atoms with van der Waals surface area (Å²) in [6.45, 7) is 0. The molecule has 0 spiro atoms. The zero-order valence-corrected chi connectivity index (χ0v) is 3.37. The van der Waals surface area contributed by atoms with Crippen LogP contribution in [0.4, 0.5) is 0 Å². The van der Waals surface area contributed by atoms with Crippen LogP contribution < -0.4 is 0 Å². The Balaban J connectivity index is 3.53. The summed E-state index contributed by atoms with van der Waals surface area (Å²) in [7, 11) is 0. The molecule has 0 aliphatic carbocycles. The Kier molecular flexibility index (Phi) is 2.29. The Morgan fingerprint density at radius 1 is 1.86 bits per heavy atom. The highest BCUT2D eigenvalue weighted by atomic mass is 16.6. The van der Waals surface area contributed by atoms with E-state index in [-0.39, 0.29) is 0 Å². The van der Waals surface area contributed by atoms with E-state index >= 15 is 0 Å². The second kappa shape index (κ2) is 2.85. The molecular weight excluding hydrogens is 96.0 g/mol. The van der Waals surface area contributed by atoms with Crippen LogP contribution in [0.5, 0.6) is 0 Å². The van der Waals surface area contributed by atoms with Gasteiger partial charge in [-0.05, 0) is 0 Å². The lowest BCUT2D eigenvalue weighted by Gasteiger charge is -1.68. The van der Waals surface area contributed by atoms with Gasteiger partial charge in [0.2, 0.25) is 6.20 Å². The van der Waals surface area contributed by atoms with Crippen molar-refractivity contribution in [1.29, 1.82) is 5.26 Å². The van der Waals surface area contributed by atoms with Gasteiger partial charge in [-0.25, -0.2) is 0 Å². The molecule has 0 aromatic heterocycles. The smallest absolute Gasteiger partial charge is 0.244 e.